The summed E-state index contributed by atoms with van der Waals surface area (Å²) >= 11 is 6.13. The first-order valence-electron chi connectivity index (χ1n) is 12.2. The van der Waals surface area contributed by atoms with Gasteiger partial charge in [0.15, 0.2) is 0 Å². The maximum Gasteiger partial charge on any atom is 0.335 e. The van der Waals surface area contributed by atoms with Crippen LogP contribution >= 0.6 is 11.6 Å². The van der Waals surface area contributed by atoms with Gasteiger partial charge in [-0.2, -0.15) is 0 Å². The van der Waals surface area contributed by atoms with Gasteiger partial charge in [-0.15, -0.1) is 0 Å². The molecule has 1 saturated heterocycles. The summed E-state index contributed by atoms with van der Waals surface area (Å²) in [5.74, 6) is -3.70. The van der Waals surface area contributed by atoms with Crippen LogP contribution in [0.2, 0.25) is 5.02 Å². The van der Waals surface area contributed by atoms with Crippen molar-refractivity contribution in [1.29, 1.82) is 0 Å². The zero-order valence-electron chi connectivity index (χ0n) is 20.8. The summed E-state index contributed by atoms with van der Waals surface area (Å²) < 4.78 is 0. The lowest BCUT2D eigenvalue weighted by molar-refractivity contribution is -0.137. The van der Waals surface area contributed by atoms with E-state index in [0.717, 1.165) is 5.56 Å². The maximum atomic E-state index is 13.1. The molecule has 5 N–H and O–H groups in total. The van der Waals surface area contributed by atoms with E-state index in [1.807, 2.05) is 11.0 Å². The summed E-state index contributed by atoms with van der Waals surface area (Å²) in [4.78, 5) is 52.0. The summed E-state index contributed by atoms with van der Waals surface area (Å²) in [6.07, 6.45) is 0.184. The van der Waals surface area contributed by atoms with Gasteiger partial charge in [-0.25, -0.2) is 4.79 Å². The van der Waals surface area contributed by atoms with Crippen LogP contribution in [0.15, 0.2) is 72.8 Å². The Balaban J connectivity index is 1.49. The number of carboxylic acid groups (broad SMARTS) is 1. The molecule has 0 spiro atoms. The average Bonchev–Trinajstić information content (AvgIpc) is 3.35. The molecular formula is C28H27ClN4O6. The topological polar surface area (TPSA) is 148 Å². The van der Waals surface area contributed by atoms with Gasteiger partial charge in [0.1, 0.15) is 6.04 Å². The molecule has 1 fully saturated rings. The molecule has 1 aliphatic heterocycles. The van der Waals surface area contributed by atoms with Gasteiger partial charge in [-0.1, -0.05) is 41.9 Å². The number of rotatable bonds is 8. The number of aliphatic hydroxyl groups is 1. The van der Waals surface area contributed by atoms with E-state index in [1.165, 1.54) is 30.3 Å². The highest BCUT2D eigenvalue weighted by atomic mass is 35.5. The number of amides is 3. The van der Waals surface area contributed by atoms with Crippen molar-refractivity contribution >= 4 is 52.4 Å². The standard InChI is InChI=1S/C28H27ClN4O6/c29-19-8-11-24(33-13-12-21(34)16-33)22(15-19)31-26(36)27(37)32-23(14-17-4-2-1-3-5-17)25(35)30-20-9-6-18(7-10-20)28(38)39/h1-11,15,21,23,34H,12-14,16H2,(H,30,35)(H,31,36)(H,32,37)(H,38,39)/t21-,23?/m1/s1. The normalized spacial score (nSPS) is 15.3. The molecule has 0 radical (unpaired) electrons. The maximum absolute atomic E-state index is 13.1. The predicted octanol–water partition coefficient (Wildman–Crippen LogP) is 2.91. The van der Waals surface area contributed by atoms with E-state index in [-0.39, 0.29) is 12.0 Å². The van der Waals surface area contributed by atoms with Gasteiger partial charge < -0.3 is 31.1 Å². The van der Waals surface area contributed by atoms with Crippen LogP contribution in [0, 0.1) is 0 Å². The van der Waals surface area contributed by atoms with E-state index < -0.39 is 35.8 Å². The van der Waals surface area contributed by atoms with Crippen LogP contribution in [-0.2, 0) is 20.8 Å². The third kappa shape index (κ3) is 7.34. The third-order valence-corrected chi connectivity index (χ3v) is 6.46. The Labute approximate surface area is 229 Å². The van der Waals surface area contributed by atoms with E-state index in [1.54, 1.807) is 36.4 Å². The molecule has 0 saturated carbocycles. The SMILES string of the molecule is O=C(Nc1cc(Cl)ccc1N1CC[C@@H](O)C1)C(=O)NC(Cc1ccccc1)C(=O)Nc1ccc(C(=O)O)cc1. The summed E-state index contributed by atoms with van der Waals surface area (Å²) in [5.41, 5.74) is 2.06. The molecule has 0 bridgehead atoms. The molecule has 3 amide bonds. The van der Waals surface area contributed by atoms with Crippen LogP contribution < -0.4 is 20.9 Å². The number of carbonyl (C=O) groups excluding carboxylic acids is 3. The number of hydrogen-bond donors (Lipinski definition) is 5. The van der Waals surface area contributed by atoms with Crippen LogP contribution in [-0.4, -0.2) is 59.1 Å². The molecule has 202 valence electrons. The number of halogens is 1. The highest BCUT2D eigenvalue weighted by molar-refractivity contribution is 6.40. The van der Waals surface area contributed by atoms with Crippen LogP contribution in [0.5, 0.6) is 0 Å². The van der Waals surface area contributed by atoms with Crippen LogP contribution in [0.1, 0.15) is 22.3 Å². The second kappa shape index (κ2) is 12.4. The van der Waals surface area contributed by atoms with Crippen molar-refractivity contribution in [2.45, 2.75) is 25.0 Å². The monoisotopic (exact) mass is 550 g/mol. The van der Waals surface area contributed by atoms with Gasteiger partial charge in [0.25, 0.3) is 0 Å². The smallest absolute Gasteiger partial charge is 0.335 e. The lowest BCUT2D eigenvalue weighted by Gasteiger charge is -2.22. The van der Waals surface area contributed by atoms with Gasteiger partial charge in [-0.3, -0.25) is 14.4 Å². The highest BCUT2D eigenvalue weighted by Crippen LogP contribution is 2.31. The molecule has 3 aromatic rings. The van der Waals surface area contributed by atoms with Crippen molar-refractivity contribution < 1.29 is 29.4 Å². The van der Waals surface area contributed by atoms with Crippen molar-refractivity contribution in [3.63, 3.8) is 0 Å². The molecule has 1 unspecified atom stereocenters. The Morgan fingerprint density at radius 1 is 0.949 bits per heavy atom. The quantitative estimate of drug-likeness (QED) is 0.271. The van der Waals surface area contributed by atoms with Gasteiger partial charge in [0, 0.05) is 30.2 Å². The van der Waals surface area contributed by atoms with Crippen molar-refractivity contribution in [2.24, 2.45) is 0 Å². The minimum absolute atomic E-state index is 0.0580. The lowest BCUT2D eigenvalue weighted by atomic mass is 10.0. The number of carboxylic acids is 1. The molecule has 0 aliphatic carbocycles. The fourth-order valence-corrected chi connectivity index (χ4v) is 4.40. The van der Waals surface area contributed by atoms with Gasteiger partial charge in [0.2, 0.25) is 5.91 Å². The number of nitrogens with one attached hydrogen (secondary N) is 3. The Bertz CT molecular complexity index is 1370. The third-order valence-electron chi connectivity index (χ3n) is 6.22. The number of anilines is 3. The second-order valence-electron chi connectivity index (χ2n) is 9.09. The van der Waals surface area contributed by atoms with Crippen LogP contribution in [0.25, 0.3) is 0 Å². The fourth-order valence-electron chi connectivity index (χ4n) is 4.23. The van der Waals surface area contributed by atoms with Gasteiger partial charge in [0.05, 0.1) is 23.0 Å². The molecular weight excluding hydrogens is 524 g/mol. The largest absolute Gasteiger partial charge is 0.478 e. The second-order valence-corrected chi connectivity index (χ2v) is 9.53. The Morgan fingerprint density at radius 3 is 2.31 bits per heavy atom. The van der Waals surface area contributed by atoms with Crippen molar-refractivity contribution in [3.8, 4) is 0 Å². The Morgan fingerprint density at radius 2 is 1.67 bits per heavy atom. The average molecular weight is 551 g/mol. The minimum Gasteiger partial charge on any atom is -0.478 e. The highest BCUT2D eigenvalue weighted by Gasteiger charge is 2.27. The first-order valence-corrected chi connectivity index (χ1v) is 12.6. The molecule has 3 aromatic carbocycles. The number of aliphatic hydroxyl groups excluding tert-OH is 1. The first kappa shape index (κ1) is 27.6. The Kier molecular flexibility index (Phi) is 8.80. The van der Waals surface area contributed by atoms with Gasteiger partial charge >= 0.3 is 17.8 Å². The molecule has 4 rings (SSSR count). The molecule has 2 atom stereocenters. The fraction of sp³-hybridized carbons (Fsp3) is 0.214. The molecule has 0 aromatic heterocycles. The number of β-amino-alcohol motifs (C(OH)–C–C–N with tert-alkyl or cyclic N) is 1. The summed E-state index contributed by atoms with van der Waals surface area (Å²) in [7, 11) is 0. The van der Waals surface area contributed by atoms with E-state index in [0.29, 0.717) is 41.6 Å². The lowest BCUT2D eigenvalue weighted by Crippen LogP contribution is -2.49. The summed E-state index contributed by atoms with van der Waals surface area (Å²) in [5, 5.41) is 27.1. The zero-order chi connectivity index (χ0) is 27.9. The molecule has 10 nitrogen and oxygen atoms in total. The number of carbonyl (C=O) groups is 4. The first-order chi connectivity index (χ1) is 18.7. The number of hydrogen-bond acceptors (Lipinski definition) is 6. The predicted molar refractivity (Wildman–Crippen MR) is 147 cm³/mol. The van der Waals surface area contributed by atoms with Crippen LogP contribution in [0.3, 0.4) is 0 Å². The van der Waals surface area contributed by atoms with E-state index in [4.69, 9.17) is 16.7 Å². The summed E-state index contributed by atoms with van der Waals surface area (Å²) in [6, 6.07) is 18.3. The van der Waals surface area contributed by atoms with E-state index in [9.17, 15) is 24.3 Å². The van der Waals surface area contributed by atoms with Crippen molar-refractivity contribution in [1.82, 2.24) is 5.32 Å². The zero-order valence-corrected chi connectivity index (χ0v) is 21.5. The van der Waals surface area contributed by atoms with Crippen molar-refractivity contribution in [3.05, 3.63) is 88.9 Å². The van der Waals surface area contributed by atoms with Crippen molar-refractivity contribution in [2.75, 3.05) is 28.6 Å². The van der Waals surface area contributed by atoms with Crippen LogP contribution in [0.4, 0.5) is 17.1 Å². The van der Waals surface area contributed by atoms with Gasteiger partial charge in [-0.05, 0) is 54.4 Å². The summed E-state index contributed by atoms with van der Waals surface area (Å²) in [6.45, 7) is 0.952. The van der Waals surface area contributed by atoms with E-state index in [2.05, 4.69) is 16.0 Å². The number of aromatic carboxylic acids is 1. The molecule has 11 heteroatoms. The van der Waals surface area contributed by atoms with E-state index >= 15 is 0 Å². The molecule has 1 heterocycles. The number of nitrogens with zero attached hydrogens (tertiary/aromatic N) is 1. The Hall–Kier alpha value is -4.41. The molecule has 1 aliphatic rings. The number of benzene rings is 3. The minimum atomic E-state index is -1.11. The molecule has 39 heavy (non-hydrogen) atoms.